The smallest absolute Gasteiger partial charge is 0.227 e. The zero-order valence-electron chi connectivity index (χ0n) is 13.8. The van der Waals surface area contributed by atoms with Crippen molar-refractivity contribution in [2.75, 3.05) is 21.3 Å². The van der Waals surface area contributed by atoms with Gasteiger partial charge in [-0.2, -0.15) is 0 Å². The largest absolute Gasteiger partial charge is 0.496 e. The third-order valence-electron chi connectivity index (χ3n) is 3.66. The van der Waals surface area contributed by atoms with Crippen LogP contribution in [0.15, 0.2) is 40.9 Å². The topological polar surface area (TPSA) is 38.8 Å². The van der Waals surface area contributed by atoms with Crippen molar-refractivity contribution < 1.29 is 14.3 Å². The van der Waals surface area contributed by atoms with Gasteiger partial charge in [-0.3, -0.25) is 4.79 Å². The Balaban J connectivity index is 2.13. The van der Waals surface area contributed by atoms with Crippen LogP contribution in [-0.2, 0) is 17.8 Å². The fourth-order valence-electron chi connectivity index (χ4n) is 2.40. The van der Waals surface area contributed by atoms with E-state index in [9.17, 15) is 4.79 Å². The summed E-state index contributed by atoms with van der Waals surface area (Å²) in [5, 5.41) is 0.579. The molecule has 0 atom stereocenters. The lowest BCUT2D eigenvalue weighted by Gasteiger charge is -2.20. The van der Waals surface area contributed by atoms with Crippen molar-refractivity contribution in [3.8, 4) is 11.5 Å². The molecule has 4 nitrogen and oxygen atoms in total. The van der Waals surface area contributed by atoms with Gasteiger partial charge >= 0.3 is 0 Å². The summed E-state index contributed by atoms with van der Waals surface area (Å²) in [5.41, 5.74) is 1.70. The van der Waals surface area contributed by atoms with E-state index < -0.39 is 0 Å². The molecule has 0 aromatic heterocycles. The van der Waals surface area contributed by atoms with Crippen molar-refractivity contribution in [1.82, 2.24) is 4.90 Å². The molecule has 24 heavy (non-hydrogen) atoms. The minimum atomic E-state index is -0.0300. The Hall–Kier alpha value is -1.72. The van der Waals surface area contributed by atoms with Crippen molar-refractivity contribution in [2.45, 2.75) is 13.0 Å². The highest BCUT2D eigenvalue weighted by molar-refractivity contribution is 9.10. The molecule has 0 aliphatic heterocycles. The summed E-state index contributed by atoms with van der Waals surface area (Å²) in [5.74, 6) is 1.37. The standard InChI is InChI=1S/C18H19BrClNO3/c1-21(11-13-8-14(19)4-6-17(13)24-3)18(22)10-12-9-15(20)5-7-16(12)23-2/h4-9H,10-11H2,1-3H3. The highest BCUT2D eigenvalue weighted by atomic mass is 79.9. The SMILES string of the molecule is COc1ccc(Cl)cc1CC(=O)N(C)Cc1cc(Br)ccc1OC. The molecule has 0 N–H and O–H groups in total. The van der Waals surface area contributed by atoms with Crippen LogP contribution in [0, 0.1) is 0 Å². The van der Waals surface area contributed by atoms with Gasteiger partial charge in [-0.15, -0.1) is 0 Å². The van der Waals surface area contributed by atoms with Crippen LogP contribution in [0.25, 0.3) is 0 Å². The van der Waals surface area contributed by atoms with Gasteiger partial charge in [0.05, 0.1) is 20.6 Å². The maximum absolute atomic E-state index is 12.6. The molecule has 0 saturated carbocycles. The van der Waals surface area contributed by atoms with Gasteiger partial charge in [0.15, 0.2) is 0 Å². The van der Waals surface area contributed by atoms with Crippen LogP contribution in [0.3, 0.4) is 0 Å². The zero-order valence-corrected chi connectivity index (χ0v) is 16.1. The van der Waals surface area contributed by atoms with Gasteiger partial charge in [0.25, 0.3) is 0 Å². The summed E-state index contributed by atoms with van der Waals surface area (Å²) in [6, 6.07) is 11.0. The van der Waals surface area contributed by atoms with E-state index in [1.54, 1.807) is 44.4 Å². The molecule has 6 heteroatoms. The fourth-order valence-corrected chi connectivity index (χ4v) is 3.00. The van der Waals surface area contributed by atoms with Crippen LogP contribution in [0.5, 0.6) is 11.5 Å². The number of halogens is 2. The predicted molar refractivity (Wildman–Crippen MR) is 98.9 cm³/mol. The van der Waals surface area contributed by atoms with Crippen LogP contribution in [0.4, 0.5) is 0 Å². The molecular formula is C18H19BrClNO3. The quantitative estimate of drug-likeness (QED) is 0.709. The molecule has 2 aromatic rings. The summed E-state index contributed by atoms with van der Waals surface area (Å²) >= 11 is 9.46. The molecule has 2 aromatic carbocycles. The van der Waals surface area contributed by atoms with Gasteiger partial charge in [-0.1, -0.05) is 27.5 Å². The Morgan fingerprint density at radius 1 is 1.08 bits per heavy atom. The number of rotatable bonds is 6. The lowest BCUT2D eigenvalue weighted by atomic mass is 10.1. The number of hydrogen-bond donors (Lipinski definition) is 0. The molecule has 0 unspecified atom stereocenters. The molecule has 0 bridgehead atoms. The van der Waals surface area contributed by atoms with Crippen LogP contribution >= 0.6 is 27.5 Å². The van der Waals surface area contributed by atoms with Crippen molar-refractivity contribution in [3.05, 3.63) is 57.0 Å². The molecule has 0 heterocycles. The van der Waals surface area contributed by atoms with E-state index in [4.69, 9.17) is 21.1 Å². The first-order valence-corrected chi connectivity index (χ1v) is 8.50. The van der Waals surface area contributed by atoms with Crippen LogP contribution < -0.4 is 9.47 Å². The second kappa shape index (κ2) is 8.40. The summed E-state index contributed by atoms with van der Waals surface area (Å²) in [6.07, 6.45) is 0.219. The van der Waals surface area contributed by atoms with Crippen molar-refractivity contribution in [1.29, 1.82) is 0 Å². The zero-order chi connectivity index (χ0) is 17.7. The van der Waals surface area contributed by atoms with Crippen LogP contribution in [0.2, 0.25) is 5.02 Å². The maximum atomic E-state index is 12.6. The average molecular weight is 413 g/mol. The van der Waals surface area contributed by atoms with Gasteiger partial charge in [-0.05, 0) is 36.4 Å². The Morgan fingerprint density at radius 2 is 1.71 bits per heavy atom. The maximum Gasteiger partial charge on any atom is 0.227 e. The second-order valence-electron chi connectivity index (χ2n) is 5.34. The molecule has 0 aliphatic rings. The highest BCUT2D eigenvalue weighted by Gasteiger charge is 2.15. The molecule has 0 aliphatic carbocycles. The Kier molecular flexibility index (Phi) is 6.52. The van der Waals surface area contributed by atoms with E-state index >= 15 is 0 Å². The Morgan fingerprint density at radius 3 is 2.38 bits per heavy atom. The van der Waals surface area contributed by atoms with Crippen molar-refractivity contribution in [3.63, 3.8) is 0 Å². The lowest BCUT2D eigenvalue weighted by molar-refractivity contribution is -0.129. The third kappa shape index (κ3) is 4.65. The number of benzene rings is 2. The minimum absolute atomic E-state index is 0.0300. The summed E-state index contributed by atoms with van der Waals surface area (Å²) in [4.78, 5) is 14.2. The molecule has 0 fully saturated rings. The molecule has 1 amide bonds. The number of amides is 1. The third-order valence-corrected chi connectivity index (χ3v) is 4.39. The molecular weight excluding hydrogens is 394 g/mol. The first-order valence-electron chi connectivity index (χ1n) is 7.33. The van der Waals surface area contributed by atoms with Gasteiger partial charge in [0, 0.05) is 34.2 Å². The minimum Gasteiger partial charge on any atom is -0.496 e. The number of ether oxygens (including phenoxy) is 2. The number of nitrogens with zero attached hydrogens (tertiary/aromatic N) is 1. The second-order valence-corrected chi connectivity index (χ2v) is 6.69. The molecule has 0 spiro atoms. The molecule has 0 saturated heterocycles. The van der Waals surface area contributed by atoms with E-state index in [1.807, 2.05) is 18.2 Å². The number of likely N-dealkylation sites (N-methyl/N-ethyl adjacent to an activating group) is 1. The number of carbonyl (C=O) groups is 1. The van der Waals surface area contributed by atoms with E-state index in [0.717, 1.165) is 21.3 Å². The Bertz CT molecular complexity index is 736. The van der Waals surface area contributed by atoms with E-state index in [1.165, 1.54) is 0 Å². The van der Waals surface area contributed by atoms with Gasteiger partial charge in [0.1, 0.15) is 11.5 Å². The first-order chi connectivity index (χ1) is 11.4. The number of methoxy groups -OCH3 is 2. The summed E-state index contributed by atoms with van der Waals surface area (Å²) in [6.45, 7) is 0.449. The van der Waals surface area contributed by atoms with Crippen LogP contribution in [-0.4, -0.2) is 32.1 Å². The van der Waals surface area contributed by atoms with Crippen molar-refractivity contribution >= 4 is 33.4 Å². The van der Waals surface area contributed by atoms with Gasteiger partial charge < -0.3 is 14.4 Å². The molecule has 2 rings (SSSR count). The predicted octanol–water partition coefficient (Wildman–Crippen LogP) is 4.32. The summed E-state index contributed by atoms with van der Waals surface area (Å²) in [7, 11) is 4.96. The first kappa shape index (κ1) is 18.6. The van der Waals surface area contributed by atoms with E-state index in [0.29, 0.717) is 17.3 Å². The molecule has 128 valence electrons. The summed E-state index contributed by atoms with van der Waals surface area (Å²) < 4.78 is 11.6. The van der Waals surface area contributed by atoms with E-state index in [2.05, 4.69) is 15.9 Å². The normalized spacial score (nSPS) is 10.4. The van der Waals surface area contributed by atoms with Crippen LogP contribution in [0.1, 0.15) is 11.1 Å². The monoisotopic (exact) mass is 411 g/mol. The van der Waals surface area contributed by atoms with Crippen molar-refractivity contribution in [2.24, 2.45) is 0 Å². The fraction of sp³-hybridized carbons (Fsp3) is 0.278. The highest BCUT2D eigenvalue weighted by Crippen LogP contribution is 2.26. The van der Waals surface area contributed by atoms with Gasteiger partial charge in [0.2, 0.25) is 5.91 Å². The van der Waals surface area contributed by atoms with E-state index in [-0.39, 0.29) is 12.3 Å². The molecule has 0 radical (unpaired) electrons. The lowest BCUT2D eigenvalue weighted by Crippen LogP contribution is -2.28. The van der Waals surface area contributed by atoms with Gasteiger partial charge in [-0.25, -0.2) is 0 Å². The Labute approximate surface area is 155 Å². The number of hydrogen-bond acceptors (Lipinski definition) is 3. The number of carbonyl (C=O) groups excluding carboxylic acids is 1. The average Bonchev–Trinajstić information content (AvgIpc) is 2.55.